The molecule has 5 nitrogen and oxygen atoms in total. The summed E-state index contributed by atoms with van der Waals surface area (Å²) in [6, 6.07) is 4.96. The van der Waals surface area contributed by atoms with Gasteiger partial charge in [0.15, 0.2) is 0 Å². The fourth-order valence-corrected chi connectivity index (χ4v) is 3.13. The maximum atomic E-state index is 5.92. The fraction of sp³-hybridized carbons (Fsp3) is 0.588. The van der Waals surface area contributed by atoms with Crippen LogP contribution in [0.15, 0.2) is 35.3 Å². The Morgan fingerprint density at radius 3 is 3.14 bits per heavy atom. The molecule has 5 heteroatoms. The van der Waals surface area contributed by atoms with Crippen LogP contribution in [0.2, 0.25) is 0 Å². The summed E-state index contributed by atoms with van der Waals surface area (Å²) in [5, 5.41) is 3.74. The van der Waals surface area contributed by atoms with Crippen LogP contribution in [0.3, 0.4) is 0 Å². The van der Waals surface area contributed by atoms with Crippen molar-refractivity contribution in [2.75, 3.05) is 6.61 Å². The van der Waals surface area contributed by atoms with Crippen LogP contribution in [-0.4, -0.2) is 28.2 Å². The topological polar surface area (TPSA) is 52.2 Å². The van der Waals surface area contributed by atoms with Crippen molar-refractivity contribution < 1.29 is 9.15 Å². The van der Waals surface area contributed by atoms with Crippen LogP contribution < -0.4 is 5.32 Å². The second-order valence-electron chi connectivity index (χ2n) is 6.20. The quantitative estimate of drug-likeness (QED) is 0.891. The highest BCUT2D eigenvalue weighted by Gasteiger charge is 2.26. The smallest absolute Gasteiger partial charge is 0.103 e. The number of imidazole rings is 1. The first kappa shape index (κ1) is 15.3. The van der Waals surface area contributed by atoms with Crippen molar-refractivity contribution in [2.45, 2.75) is 50.8 Å². The Balaban J connectivity index is 1.48. The lowest BCUT2D eigenvalue weighted by Gasteiger charge is -2.32. The standard InChI is InChI=1S/C17H25N3O2/c1-13(5-6-15-4-3-8-21-15)19-14-7-9-22-17(10-14)16-11-18-12-20(16)2/h3-4,8,11-14,17,19H,5-7,9-10H2,1-2H3/t13-,14-,17-/m1/s1. The third-order valence-electron chi connectivity index (χ3n) is 4.39. The van der Waals surface area contributed by atoms with Crippen LogP contribution in [0, 0.1) is 0 Å². The SMILES string of the molecule is C[C@H](CCc1ccco1)N[C@@H]1CCO[C@@H](c2cncn2C)C1. The molecule has 0 bridgehead atoms. The van der Waals surface area contributed by atoms with Crippen molar-refractivity contribution in [2.24, 2.45) is 7.05 Å². The van der Waals surface area contributed by atoms with Gasteiger partial charge >= 0.3 is 0 Å². The van der Waals surface area contributed by atoms with E-state index < -0.39 is 0 Å². The third kappa shape index (κ3) is 3.78. The van der Waals surface area contributed by atoms with Gasteiger partial charge < -0.3 is 19.0 Å². The van der Waals surface area contributed by atoms with Gasteiger partial charge in [-0.2, -0.15) is 0 Å². The molecule has 1 saturated heterocycles. The molecule has 1 aliphatic rings. The Bertz CT molecular complexity index is 564. The molecular formula is C17H25N3O2. The fourth-order valence-electron chi connectivity index (χ4n) is 3.13. The van der Waals surface area contributed by atoms with Crippen LogP contribution in [0.25, 0.3) is 0 Å². The highest BCUT2D eigenvalue weighted by Crippen LogP contribution is 2.27. The van der Waals surface area contributed by atoms with E-state index in [1.165, 1.54) is 0 Å². The molecule has 2 aromatic rings. The lowest BCUT2D eigenvalue weighted by molar-refractivity contribution is -0.00547. The minimum atomic E-state index is 0.149. The molecule has 1 N–H and O–H groups in total. The Labute approximate surface area is 131 Å². The molecule has 22 heavy (non-hydrogen) atoms. The summed E-state index contributed by atoms with van der Waals surface area (Å²) in [5.74, 6) is 1.06. The van der Waals surface area contributed by atoms with Gasteiger partial charge in [-0.05, 0) is 38.3 Å². The van der Waals surface area contributed by atoms with Crippen molar-refractivity contribution >= 4 is 0 Å². The van der Waals surface area contributed by atoms with Crippen molar-refractivity contribution in [1.29, 1.82) is 0 Å². The average molecular weight is 303 g/mol. The van der Waals surface area contributed by atoms with E-state index in [1.54, 1.807) is 6.26 Å². The molecule has 1 aliphatic heterocycles. The van der Waals surface area contributed by atoms with Gasteiger partial charge in [0.2, 0.25) is 0 Å². The van der Waals surface area contributed by atoms with E-state index in [0.29, 0.717) is 12.1 Å². The molecule has 0 unspecified atom stereocenters. The Morgan fingerprint density at radius 1 is 1.50 bits per heavy atom. The summed E-state index contributed by atoms with van der Waals surface area (Å²) in [6.45, 7) is 3.05. The van der Waals surface area contributed by atoms with Gasteiger partial charge in [0.25, 0.3) is 0 Å². The van der Waals surface area contributed by atoms with Crippen LogP contribution in [0.4, 0.5) is 0 Å². The van der Waals surface area contributed by atoms with Crippen molar-refractivity contribution in [1.82, 2.24) is 14.9 Å². The van der Waals surface area contributed by atoms with Gasteiger partial charge in [0.05, 0.1) is 24.5 Å². The van der Waals surface area contributed by atoms with Gasteiger partial charge in [-0.15, -0.1) is 0 Å². The number of rotatable bonds is 6. The highest BCUT2D eigenvalue weighted by molar-refractivity contribution is 5.04. The zero-order chi connectivity index (χ0) is 15.4. The number of nitrogens with one attached hydrogen (secondary N) is 1. The van der Waals surface area contributed by atoms with Crippen molar-refractivity contribution in [3.63, 3.8) is 0 Å². The van der Waals surface area contributed by atoms with Crippen LogP contribution in [-0.2, 0) is 18.2 Å². The number of furan rings is 1. The summed E-state index contributed by atoms with van der Waals surface area (Å²) >= 11 is 0. The Kier molecular flexibility index (Phi) is 4.95. The zero-order valence-corrected chi connectivity index (χ0v) is 13.4. The molecule has 0 radical (unpaired) electrons. The number of ether oxygens (including phenoxy) is 1. The van der Waals surface area contributed by atoms with E-state index >= 15 is 0 Å². The number of nitrogens with zero attached hydrogens (tertiary/aromatic N) is 2. The van der Waals surface area contributed by atoms with Crippen LogP contribution >= 0.6 is 0 Å². The molecule has 3 heterocycles. The van der Waals surface area contributed by atoms with Gasteiger partial charge in [-0.25, -0.2) is 4.98 Å². The van der Waals surface area contributed by atoms with Crippen LogP contribution in [0.1, 0.15) is 43.7 Å². The molecule has 120 valence electrons. The van der Waals surface area contributed by atoms with E-state index in [2.05, 4.69) is 17.2 Å². The molecule has 0 spiro atoms. The highest BCUT2D eigenvalue weighted by atomic mass is 16.5. The van der Waals surface area contributed by atoms with E-state index in [1.807, 2.05) is 36.3 Å². The minimum Gasteiger partial charge on any atom is -0.469 e. The largest absolute Gasteiger partial charge is 0.469 e. The predicted octanol–water partition coefficient (Wildman–Crippen LogP) is 2.84. The zero-order valence-electron chi connectivity index (χ0n) is 13.4. The summed E-state index contributed by atoms with van der Waals surface area (Å²) in [5.41, 5.74) is 1.16. The van der Waals surface area contributed by atoms with Crippen LogP contribution in [0.5, 0.6) is 0 Å². The average Bonchev–Trinajstić information content (AvgIpc) is 3.16. The lowest BCUT2D eigenvalue weighted by Crippen LogP contribution is -2.41. The minimum absolute atomic E-state index is 0.149. The van der Waals surface area contributed by atoms with Gasteiger partial charge in [-0.3, -0.25) is 0 Å². The summed E-state index contributed by atoms with van der Waals surface area (Å²) < 4.78 is 13.4. The second-order valence-corrected chi connectivity index (χ2v) is 6.20. The van der Waals surface area contributed by atoms with Crippen molar-refractivity contribution in [3.05, 3.63) is 42.4 Å². The normalized spacial score (nSPS) is 23.5. The van der Waals surface area contributed by atoms with E-state index in [-0.39, 0.29) is 6.10 Å². The summed E-state index contributed by atoms with van der Waals surface area (Å²) in [6.07, 6.45) is 9.77. The maximum absolute atomic E-state index is 5.92. The Hall–Kier alpha value is -1.59. The molecule has 3 rings (SSSR count). The van der Waals surface area contributed by atoms with Gasteiger partial charge in [0, 0.05) is 32.2 Å². The molecule has 3 atom stereocenters. The molecule has 0 saturated carbocycles. The number of hydrogen-bond donors (Lipinski definition) is 1. The predicted molar refractivity (Wildman–Crippen MR) is 84.5 cm³/mol. The lowest BCUT2D eigenvalue weighted by atomic mass is 9.99. The Morgan fingerprint density at radius 2 is 2.41 bits per heavy atom. The first-order valence-electron chi connectivity index (χ1n) is 8.08. The van der Waals surface area contributed by atoms with Gasteiger partial charge in [-0.1, -0.05) is 0 Å². The number of aryl methyl sites for hydroxylation is 2. The first-order chi connectivity index (χ1) is 10.7. The number of aromatic nitrogens is 2. The molecule has 0 aromatic carbocycles. The summed E-state index contributed by atoms with van der Waals surface area (Å²) in [4.78, 5) is 4.19. The second kappa shape index (κ2) is 7.11. The molecule has 1 fully saturated rings. The number of hydrogen-bond acceptors (Lipinski definition) is 4. The molecule has 0 aliphatic carbocycles. The molecule has 2 aromatic heterocycles. The monoisotopic (exact) mass is 303 g/mol. The third-order valence-corrected chi connectivity index (χ3v) is 4.39. The van der Waals surface area contributed by atoms with Gasteiger partial charge in [0.1, 0.15) is 11.9 Å². The molecular weight excluding hydrogens is 278 g/mol. The molecule has 0 amide bonds. The van der Waals surface area contributed by atoms with E-state index in [9.17, 15) is 0 Å². The first-order valence-corrected chi connectivity index (χ1v) is 8.08. The van der Waals surface area contributed by atoms with E-state index in [0.717, 1.165) is 43.7 Å². The van der Waals surface area contributed by atoms with Crippen molar-refractivity contribution in [3.8, 4) is 0 Å². The maximum Gasteiger partial charge on any atom is 0.103 e. The van der Waals surface area contributed by atoms with E-state index in [4.69, 9.17) is 9.15 Å². The summed E-state index contributed by atoms with van der Waals surface area (Å²) in [7, 11) is 2.02.